The minimum Gasteiger partial charge on any atom is -0.387 e. The van der Waals surface area contributed by atoms with Gasteiger partial charge in [-0.25, -0.2) is 0 Å². The molecule has 0 atom stereocenters. The molecule has 5 heteroatoms. The molecule has 2 N–H and O–H groups in total. The molecule has 1 aliphatic rings. The Kier molecular flexibility index (Phi) is 2.42. The van der Waals surface area contributed by atoms with Gasteiger partial charge >= 0.3 is 0 Å². The van der Waals surface area contributed by atoms with E-state index < -0.39 is 10.5 Å². The zero-order valence-electron chi connectivity index (χ0n) is 8.14. The second-order valence-electron chi connectivity index (χ2n) is 3.89. The van der Waals surface area contributed by atoms with Gasteiger partial charge in [0.25, 0.3) is 5.69 Å². The third kappa shape index (κ3) is 1.98. The Balaban J connectivity index is 2.23. The van der Waals surface area contributed by atoms with E-state index in [1.807, 2.05) is 0 Å². The molecule has 0 bridgehead atoms. The predicted molar refractivity (Wildman–Crippen MR) is 54.6 cm³/mol. The average Bonchev–Trinajstić information content (AvgIpc) is 2.16. The van der Waals surface area contributed by atoms with E-state index in [2.05, 4.69) is 5.32 Å². The van der Waals surface area contributed by atoms with Gasteiger partial charge in [0.15, 0.2) is 0 Å². The lowest BCUT2D eigenvalue weighted by atomic mass is 9.88. The Hall–Kier alpha value is -1.46. The Morgan fingerprint density at radius 3 is 2.67 bits per heavy atom. The smallest absolute Gasteiger partial charge is 0.272 e. The summed E-state index contributed by atoms with van der Waals surface area (Å²) in [5.41, 5.74) is -0.143. The molecule has 0 unspecified atom stereocenters. The van der Waals surface area contributed by atoms with Gasteiger partial charge < -0.3 is 10.4 Å². The van der Waals surface area contributed by atoms with Crippen molar-refractivity contribution < 1.29 is 10.0 Å². The molecular formula is C10H12N2O3. The normalized spacial score (nSPS) is 18.2. The van der Waals surface area contributed by atoms with E-state index in [0.717, 1.165) is 0 Å². The molecule has 1 heterocycles. The summed E-state index contributed by atoms with van der Waals surface area (Å²) in [5, 5.41) is 23.6. The van der Waals surface area contributed by atoms with Gasteiger partial charge in [-0.05, 0) is 0 Å². The predicted octanol–water partition coefficient (Wildman–Crippen LogP) is 0.472. The van der Waals surface area contributed by atoms with Crippen LogP contribution in [0.3, 0.4) is 0 Å². The molecule has 0 spiro atoms. The summed E-state index contributed by atoms with van der Waals surface area (Å²) >= 11 is 0. The number of aliphatic hydroxyl groups is 1. The van der Waals surface area contributed by atoms with Gasteiger partial charge in [-0.15, -0.1) is 0 Å². The van der Waals surface area contributed by atoms with E-state index in [1.54, 1.807) is 18.2 Å². The average molecular weight is 208 g/mol. The third-order valence-corrected chi connectivity index (χ3v) is 2.62. The summed E-state index contributed by atoms with van der Waals surface area (Å²) in [5.74, 6) is 0. The van der Waals surface area contributed by atoms with Crippen LogP contribution in [-0.2, 0) is 6.42 Å². The van der Waals surface area contributed by atoms with Gasteiger partial charge in [0, 0.05) is 31.1 Å². The summed E-state index contributed by atoms with van der Waals surface area (Å²) < 4.78 is 0. The Morgan fingerprint density at radius 2 is 2.13 bits per heavy atom. The monoisotopic (exact) mass is 208 g/mol. The molecular weight excluding hydrogens is 196 g/mol. The molecule has 1 aliphatic heterocycles. The van der Waals surface area contributed by atoms with Crippen molar-refractivity contribution in [2.75, 3.05) is 13.1 Å². The summed E-state index contributed by atoms with van der Waals surface area (Å²) in [6.07, 6.45) is 0.331. The highest BCUT2D eigenvalue weighted by molar-refractivity contribution is 5.41. The molecule has 1 aromatic rings. The van der Waals surface area contributed by atoms with Crippen molar-refractivity contribution in [3.8, 4) is 0 Å². The first-order valence-electron chi connectivity index (χ1n) is 4.76. The maximum atomic E-state index is 10.7. The molecule has 0 radical (unpaired) electrons. The molecule has 0 saturated carbocycles. The maximum Gasteiger partial charge on any atom is 0.272 e. The van der Waals surface area contributed by atoms with Gasteiger partial charge in [0.2, 0.25) is 0 Å². The van der Waals surface area contributed by atoms with Crippen LogP contribution in [0, 0.1) is 10.1 Å². The second kappa shape index (κ2) is 3.60. The van der Waals surface area contributed by atoms with E-state index in [4.69, 9.17) is 0 Å². The Bertz CT molecular complexity index is 388. The number of rotatable bonds is 3. The standard InChI is InChI=1S/C10H12N2O3/c13-10(6-11-7-10)5-8-3-1-2-4-9(8)12(14)15/h1-4,11,13H,5-7H2. The largest absolute Gasteiger partial charge is 0.387 e. The topological polar surface area (TPSA) is 75.4 Å². The zero-order chi connectivity index (χ0) is 10.9. The first-order valence-corrected chi connectivity index (χ1v) is 4.76. The molecule has 1 aromatic carbocycles. The van der Waals surface area contributed by atoms with Crippen molar-refractivity contribution in [3.63, 3.8) is 0 Å². The molecule has 80 valence electrons. The quantitative estimate of drug-likeness (QED) is 0.559. The minimum absolute atomic E-state index is 0.0813. The van der Waals surface area contributed by atoms with Crippen molar-refractivity contribution in [3.05, 3.63) is 39.9 Å². The summed E-state index contributed by atoms with van der Waals surface area (Å²) in [4.78, 5) is 10.3. The molecule has 1 fully saturated rings. The van der Waals surface area contributed by atoms with Crippen LogP contribution in [0.25, 0.3) is 0 Å². The van der Waals surface area contributed by atoms with Crippen LogP contribution in [0.2, 0.25) is 0 Å². The van der Waals surface area contributed by atoms with Crippen LogP contribution in [0.1, 0.15) is 5.56 Å². The van der Waals surface area contributed by atoms with Crippen LogP contribution in [0.15, 0.2) is 24.3 Å². The van der Waals surface area contributed by atoms with Crippen molar-refractivity contribution in [2.24, 2.45) is 0 Å². The third-order valence-electron chi connectivity index (χ3n) is 2.62. The van der Waals surface area contributed by atoms with E-state index in [-0.39, 0.29) is 5.69 Å². The van der Waals surface area contributed by atoms with Gasteiger partial charge in [-0.1, -0.05) is 18.2 Å². The lowest BCUT2D eigenvalue weighted by Gasteiger charge is -2.37. The first kappa shape index (κ1) is 10.1. The number of hydrogen-bond donors (Lipinski definition) is 2. The highest BCUT2D eigenvalue weighted by atomic mass is 16.6. The number of β-amino-alcohol motifs (C(OH)–C–C–N with tert-alkyl or cyclic N) is 1. The highest BCUT2D eigenvalue weighted by Crippen LogP contribution is 2.24. The Morgan fingerprint density at radius 1 is 1.47 bits per heavy atom. The van der Waals surface area contributed by atoms with Crippen molar-refractivity contribution >= 4 is 5.69 Å². The van der Waals surface area contributed by atoms with Crippen LogP contribution < -0.4 is 5.32 Å². The number of benzene rings is 1. The summed E-state index contributed by atoms with van der Waals surface area (Å²) in [7, 11) is 0. The Labute approximate surface area is 86.9 Å². The fourth-order valence-electron chi connectivity index (χ4n) is 1.73. The zero-order valence-corrected chi connectivity index (χ0v) is 8.14. The SMILES string of the molecule is O=[N+]([O-])c1ccccc1CC1(O)CNC1. The van der Waals surface area contributed by atoms with Crippen LogP contribution >= 0.6 is 0 Å². The second-order valence-corrected chi connectivity index (χ2v) is 3.89. The van der Waals surface area contributed by atoms with Crippen molar-refractivity contribution in [2.45, 2.75) is 12.0 Å². The number of nitro groups is 1. The van der Waals surface area contributed by atoms with Gasteiger partial charge in [0.05, 0.1) is 10.5 Å². The lowest BCUT2D eigenvalue weighted by molar-refractivity contribution is -0.385. The van der Waals surface area contributed by atoms with E-state index in [1.165, 1.54) is 6.07 Å². The molecule has 0 aromatic heterocycles. The van der Waals surface area contributed by atoms with Crippen molar-refractivity contribution in [1.29, 1.82) is 0 Å². The number of para-hydroxylation sites is 1. The number of nitrogens with zero attached hydrogens (tertiary/aromatic N) is 1. The maximum absolute atomic E-state index is 10.7. The van der Waals surface area contributed by atoms with Crippen LogP contribution in [-0.4, -0.2) is 28.7 Å². The molecule has 1 saturated heterocycles. The van der Waals surface area contributed by atoms with Crippen LogP contribution in [0.5, 0.6) is 0 Å². The lowest BCUT2D eigenvalue weighted by Crippen LogP contribution is -2.60. The van der Waals surface area contributed by atoms with E-state index in [0.29, 0.717) is 25.1 Å². The van der Waals surface area contributed by atoms with E-state index >= 15 is 0 Å². The first-order chi connectivity index (χ1) is 7.11. The van der Waals surface area contributed by atoms with Crippen LogP contribution in [0.4, 0.5) is 5.69 Å². The minimum atomic E-state index is -0.813. The molecule has 0 amide bonds. The molecule has 15 heavy (non-hydrogen) atoms. The molecule has 0 aliphatic carbocycles. The number of nitrogens with one attached hydrogen (secondary N) is 1. The van der Waals surface area contributed by atoms with Gasteiger partial charge in [-0.2, -0.15) is 0 Å². The summed E-state index contributed by atoms with van der Waals surface area (Å²) in [6.45, 7) is 0.998. The molecule has 5 nitrogen and oxygen atoms in total. The number of nitro benzene ring substituents is 1. The number of hydrogen-bond acceptors (Lipinski definition) is 4. The fourth-order valence-corrected chi connectivity index (χ4v) is 1.73. The van der Waals surface area contributed by atoms with Gasteiger partial charge in [0.1, 0.15) is 0 Å². The fraction of sp³-hybridized carbons (Fsp3) is 0.400. The van der Waals surface area contributed by atoms with Crippen molar-refractivity contribution in [1.82, 2.24) is 5.32 Å². The van der Waals surface area contributed by atoms with E-state index in [9.17, 15) is 15.2 Å². The highest BCUT2D eigenvalue weighted by Gasteiger charge is 2.35. The molecule has 2 rings (SSSR count). The van der Waals surface area contributed by atoms with Gasteiger partial charge in [-0.3, -0.25) is 10.1 Å². The summed E-state index contributed by atoms with van der Waals surface area (Å²) in [6, 6.07) is 6.53.